The molecule has 4 aromatic carbocycles. The fraction of sp³-hybridized carbons (Fsp3) is 0.298. The maximum Gasteiger partial charge on any atom is 0.412 e. The molecule has 2 amide bonds. The summed E-state index contributed by atoms with van der Waals surface area (Å²) >= 11 is 0. The van der Waals surface area contributed by atoms with Gasteiger partial charge < -0.3 is 47.7 Å². The largest absolute Gasteiger partial charge is 0.497 e. The highest BCUT2D eigenvalue weighted by atomic mass is 16.8. The second kappa shape index (κ2) is 24.3. The molecule has 64 heavy (non-hydrogen) atoms. The summed E-state index contributed by atoms with van der Waals surface area (Å²) in [5, 5.41) is 0. The minimum Gasteiger partial charge on any atom is -0.497 e. The van der Waals surface area contributed by atoms with Crippen molar-refractivity contribution < 1.29 is 57.1 Å². The topological polar surface area (TPSA) is 168 Å². The quantitative estimate of drug-likeness (QED) is 0.0299. The Morgan fingerprint density at radius 1 is 0.469 bits per heavy atom. The summed E-state index contributed by atoms with van der Waals surface area (Å²) in [5.41, 5.74) is 5.32. The molecule has 0 aliphatic heterocycles. The Morgan fingerprint density at radius 3 is 1.22 bits per heavy atom. The number of methoxy groups -OCH3 is 2. The molecule has 5 aromatic rings. The average Bonchev–Trinajstić information content (AvgIpc) is 3.31. The highest BCUT2D eigenvalue weighted by molar-refractivity contribution is 5.94. The summed E-state index contributed by atoms with van der Waals surface area (Å²) in [4.78, 5) is 62.9. The molecule has 0 saturated carbocycles. The molecule has 1 aromatic heterocycles. The van der Waals surface area contributed by atoms with Crippen LogP contribution < -0.4 is 19.3 Å². The zero-order valence-electron chi connectivity index (χ0n) is 36.8. The van der Waals surface area contributed by atoms with Crippen LogP contribution in [0.1, 0.15) is 43.0 Å². The van der Waals surface area contributed by atoms with E-state index < -0.39 is 51.3 Å². The molecule has 0 N–H and O–H groups in total. The van der Waals surface area contributed by atoms with Crippen LogP contribution >= 0.6 is 0 Å². The molecular weight excluding hydrogens is 827 g/mol. The molecule has 0 fully saturated rings. The highest BCUT2D eigenvalue weighted by Crippen LogP contribution is 2.21. The first kappa shape index (κ1) is 47.7. The second-order valence-corrected chi connectivity index (χ2v) is 14.6. The number of anilines is 2. The van der Waals surface area contributed by atoms with E-state index in [2.05, 4.69) is 4.98 Å². The van der Waals surface area contributed by atoms with Crippen molar-refractivity contribution in [2.24, 2.45) is 0 Å². The first-order valence-electron chi connectivity index (χ1n) is 20.0. The Bertz CT molecular complexity index is 2130. The predicted octanol–water partition coefficient (Wildman–Crippen LogP) is 7.09. The van der Waals surface area contributed by atoms with E-state index in [1.165, 1.54) is 28.3 Å². The van der Waals surface area contributed by atoms with Crippen LogP contribution in [0, 0.1) is 0 Å². The lowest BCUT2D eigenvalue weighted by Crippen LogP contribution is -2.31. The van der Waals surface area contributed by atoms with Crippen LogP contribution in [0.4, 0.5) is 21.0 Å². The summed E-state index contributed by atoms with van der Waals surface area (Å²) in [6.07, 6.45) is 1.09. The third kappa shape index (κ3) is 14.9. The van der Waals surface area contributed by atoms with Gasteiger partial charge in [-0.1, -0.05) is 48.5 Å². The maximum atomic E-state index is 13.2. The summed E-state index contributed by atoms with van der Waals surface area (Å²) in [6.45, 7) is -1.18. The molecule has 5 rings (SSSR count). The van der Waals surface area contributed by atoms with Crippen molar-refractivity contribution in [2.45, 2.75) is 26.2 Å². The Labute approximate surface area is 372 Å². The third-order valence-corrected chi connectivity index (χ3v) is 9.47. The van der Waals surface area contributed by atoms with Crippen molar-refractivity contribution in [2.75, 3.05) is 79.4 Å². The standard InChI is InChI=1S/C47H53N5O12/c1-49(2)40-17-13-34(14-18-40)26-51(28-36-9-7-11-42(21-36)57-5)46(55)63-32-59-30-61-44(53)38-23-39(25-48-24-38)45(54)62-31-60-33-64-47(56)52(29-37-10-8-12-43(22-37)58-6)27-35-15-19-41(20-16-35)50(3)4/h7-25H,26-33H2,1-6H3. The lowest BCUT2D eigenvalue weighted by atomic mass is 10.1. The number of hydrogen-bond acceptors (Lipinski definition) is 15. The van der Waals surface area contributed by atoms with Crippen LogP contribution in [0.5, 0.6) is 11.5 Å². The van der Waals surface area contributed by atoms with E-state index in [1.807, 2.05) is 135 Å². The number of pyridine rings is 1. The van der Waals surface area contributed by atoms with Gasteiger partial charge in [0.1, 0.15) is 11.5 Å². The van der Waals surface area contributed by atoms with E-state index in [0.717, 1.165) is 33.6 Å². The Kier molecular flexibility index (Phi) is 18.1. The Balaban J connectivity index is 1.05. The van der Waals surface area contributed by atoms with Crippen molar-refractivity contribution in [3.63, 3.8) is 0 Å². The fourth-order valence-corrected chi connectivity index (χ4v) is 6.05. The van der Waals surface area contributed by atoms with Gasteiger partial charge in [0.15, 0.2) is 27.2 Å². The molecule has 17 heteroatoms. The molecule has 0 radical (unpaired) electrons. The lowest BCUT2D eigenvalue weighted by molar-refractivity contribution is -0.0951. The van der Waals surface area contributed by atoms with Gasteiger partial charge in [0, 0.05) is 78.1 Å². The van der Waals surface area contributed by atoms with E-state index in [1.54, 1.807) is 14.2 Å². The number of carbonyl (C=O) groups excluding carboxylic acids is 4. The second-order valence-electron chi connectivity index (χ2n) is 14.6. The molecule has 0 atom stereocenters. The zero-order valence-corrected chi connectivity index (χ0v) is 36.8. The van der Waals surface area contributed by atoms with Gasteiger partial charge in [0.25, 0.3) is 0 Å². The SMILES string of the molecule is COc1cccc(CN(Cc2ccc(N(C)C)cc2)C(=O)OCOCOC(=O)c2cncc(C(=O)OCOCOC(=O)N(Cc3ccc(N(C)C)cc3)Cc3cccc(OC)c3)c2)c1. The molecule has 0 saturated heterocycles. The molecule has 0 aliphatic rings. The molecule has 0 unspecified atom stereocenters. The van der Waals surface area contributed by atoms with E-state index in [9.17, 15) is 19.2 Å². The number of nitrogens with zero attached hydrogens (tertiary/aromatic N) is 5. The van der Waals surface area contributed by atoms with Gasteiger partial charge in [0.2, 0.25) is 0 Å². The van der Waals surface area contributed by atoms with Crippen LogP contribution in [0.25, 0.3) is 0 Å². The molecule has 1 heterocycles. The van der Waals surface area contributed by atoms with Gasteiger partial charge in [0.05, 0.1) is 25.3 Å². The monoisotopic (exact) mass is 879 g/mol. The first-order valence-corrected chi connectivity index (χ1v) is 20.0. The smallest absolute Gasteiger partial charge is 0.412 e. The van der Waals surface area contributed by atoms with Crippen LogP contribution in [0.3, 0.4) is 0 Å². The van der Waals surface area contributed by atoms with Gasteiger partial charge in [-0.3, -0.25) is 14.8 Å². The van der Waals surface area contributed by atoms with Crippen LogP contribution in [-0.4, -0.2) is 108 Å². The van der Waals surface area contributed by atoms with Gasteiger partial charge in [-0.05, 0) is 76.9 Å². The number of hydrogen-bond donors (Lipinski definition) is 0. The van der Waals surface area contributed by atoms with Crippen molar-refractivity contribution >= 4 is 35.5 Å². The minimum absolute atomic E-state index is 0.0675. The van der Waals surface area contributed by atoms with E-state index >= 15 is 0 Å². The van der Waals surface area contributed by atoms with Gasteiger partial charge in [-0.25, -0.2) is 19.2 Å². The minimum atomic E-state index is -0.857. The van der Waals surface area contributed by atoms with Crippen molar-refractivity contribution in [3.05, 3.63) is 149 Å². The molecule has 338 valence electrons. The third-order valence-electron chi connectivity index (χ3n) is 9.47. The van der Waals surface area contributed by atoms with Gasteiger partial charge >= 0.3 is 24.1 Å². The molecular formula is C47H53N5O12. The summed E-state index contributed by atoms with van der Waals surface area (Å²) < 4.78 is 42.2. The van der Waals surface area contributed by atoms with Crippen LogP contribution in [-0.2, 0) is 54.6 Å². The number of benzene rings is 4. The van der Waals surface area contributed by atoms with E-state index in [0.29, 0.717) is 11.5 Å². The first-order chi connectivity index (χ1) is 30.9. The number of aromatic nitrogens is 1. The number of ether oxygens (including phenoxy) is 8. The average molecular weight is 880 g/mol. The number of amides is 2. The van der Waals surface area contributed by atoms with Crippen molar-refractivity contribution in [1.82, 2.24) is 14.8 Å². The molecule has 0 spiro atoms. The van der Waals surface area contributed by atoms with Gasteiger partial charge in [-0.2, -0.15) is 0 Å². The maximum absolute atomic E-state index is 13.2. The fourth-order valence-electron chi connectivity index (χ4n) is 6.05. The van der Waals surface area contributed by atoms with Crippen molar-refractivity contribution in [3.8, 4) is 11.5 Å². The number of carbonyl (C=O) groups is 4. The Morgan fingerprint density at radius 2 is 0.844 bits per heavy atom. The zero-order chi connectivity index (χ0) is 45.8. The molecule has 0 bridgehead atoms. The predicted molar refractivity (Wildman–Crippen MR) is 236 cm³/mol. The summed E-state index contributed by atoms with van der Waals surface area (Å²) in [5.74, 6) is -0.414. The van der Waals surface area contributed by atoms with Crippen molar-refractivity contribution in [1.29, 1.82) is 0 Å². The lowest BCUT2D eigenvalue weighted by Gasteiger charge is -2.23. The van der Waals surface area contributed by atoms with E-state index in [-0.39, 0.29) is 37.3 Å². The highest BCUT2D eigenvalue weighted by Gasteiger charge is 2.20. The summed E-state index contributed by atoms with van der Waals surface area (Å²) in [6, 6.07) is 31.5. The number of rotatable bonds is 22. The molecule has 17 nitrogen and oxygen atoms in total. The van der Waals surface area contributed by atoms with E-state index in [4.69, 9.17) is 37.9 Å². The van der Waals surface area contributed by atoms with Gasteiger partial charge in [-0.15, -0.1) is 0 Å². The molecule has 0 aliphatic carbocycles. The van der Waals surface area contributed by atoms with Crippen LogP contribution in [0.2, 0.25) is 0 Å². The van der Waals surface area contributed by atoms with Crippen LogP contribution in [0.15, 0.2) is 116 Å². The summed E-state index contributed by atoms with van der Waals surface area (Å²) in [7, 11) is 10.9. The normalized spacial score (nSPS) is 10.6. The number of esters is 2. The Hall–Kier alpha value is -7.37.